The molecule has 0 radical (unpaired) electrons. The second-order valence-corrected chi connectivity index (χ2v) is 13.3. The molecule has 8 aromatic rings. The second kappa shape index (κ2) is 14.7. The van der Waals surface area contributed by atoms with E-state index in [1.807, 2.05) is 0 Å². The summed E-state index contributed by atoms with van der Waals surface area (Å²) in [5, 5.41) is 0. The lowest BCUT2D eigenvalue weighted by atomic mass is 10.0. The summed E-state index contributed by atoms with van der Waals surface area (Å²) in [7, 11) is 0. The van der Waals surface area contributed by atoms with E-state index in [1.54, 1.807) is 0 Å². The fourth-order valence-corrected chi connectivity index (χ4v) is 6.80. The number of rotatable bonds is 9. The fraction of sp³-hybridized carbons (Fsp3) is 0.0400. The fourth-order valence-electron chi connectivity index (χ4n) is 6.80. The molecule has 250 valence electrons. The predicted molar refractivity (Wildman–Crippen MR) is 222 cm³/mol. The molecule has 0 saturated heterocycles. The van der Waals surface area contributed by atoms with Crippen LogP contribution in [-0.2, 0) is 0 Å². The predicted octanol–water partition coefficient (Wildman–Crippen LogP) is 14.2. The standard InChI is InChI=1S/C50H40N2/c1-37-18-26-45(27-19-37)51(47-30-22-42(23-31-47)39-12-6-3-7-13-39)49-34-44(41-16-10-5-11-17-41)35-50(36-49)52(46-28-20-38(2)21-29-46)48-32-24-43(25-33-48)40-14-8-4-9-15-40/h3-36H,1-2H3. The normalized spacial score (nSPS) is 10.9. The highest BCUT2D eigenvalue weighted by atomic mass is 15.2. The summed E-state index contributed by atoms with van der Waals surface area (Å²) in [5.74, 6) is 0. The van der Waals surface area contributed by atoms with Gasteiger partial charge in [0, 0.05) is 34.1 Å². The highest BCUT2D eigenvalue weighted by Gasteiger charge is 2.20. The van der Waals surface area contributed by atoms with Crippen molar-refractivity contribution in [2.75, 3.05) is 9.80 Å². The van der Waals surface area contributed by atoms with Crippen molar-refractivity contribution in [3.05, 3.63) is 217 Å². The zero-order valence-electron chi connectivity index (χ0n) is 29.5. The van der Waals surface area contributed by atoms with Crippen LogP contribution in [0.3, 0.4) is 0 Å². The van der Waals surface area contributed by atoms with Gasteiger partial charge in [0.05, 0.1) is 0 Å². The minimum atomic E-state index is 1.07. The van der Waals surface area contributed by atoms with Crippen LogP contribution in [0, 0.1) is 13.8 Å². The van der Waals surface area contributed by atoms with Gasteiger partial charge in [-0.2, -0.15) is 0 Å². The van der Waals surface area contributed by atoms with Crippen molar-refractivity contribution >= 4 is 34.1 Å². The Balaban J connectivity index is 1.32. The van der Waals surface area contributed by atoms with Crippen LogP contribution in [-0.4, -0.2) is 0 Å². The second-order valence-electron chi connectivity index (χ2n) is 13.3. The van der Waals surface area contributed by atoms with E-state index in [4.69, 9.17) is 0 Å². The molecule has 0 N–H and O–H groups in total. The molecule has 0 unspecified atom stereocenters. The number of aryl methyl sites for hydroxylation is 2. The quantitative estimate of drug-likeness (QED) is 0.151. The number of hydrogen-bond acceptors (Lipinski definition) is 2. The lowest BCUT2D eigenvalue weighted by Gasteiger charge is -2.30. The van der Waals surface area contributed by atoms with Gasteiger partial charge in [-0.25, -0.2) is 0 Å². The minimum absolute atomic E-state index is 1.07. The van der Waals surface area contributed by atoms with Gasteiger partial charge < -0.3 is 9.80 Å². The van der Waals surface area contributed by atoms with E-state index < -0.39 is 0 Å². The van der Waals surface area contributed by atoms with Crippen LogP contribution in [0.1, 0.15) is 11.1 Å². The molecule has 0 saturated carbocycles. The first-order valence-electron chi connectivity index (χ1n) is 17.8. The number of hydrogen-bond donors (Lipinski definition) is 0. The Bertz CT molecular complexity index is 2210. The van der Waals surface area contributed by atoms with Crippen molar-refractivity contribution in [1.82, 2.24) is 0 Å². The highest BCUT2D eigenvalue weighted by Crippen LogP contribution is 2.44. The Morgan fingerprint density at radius 3 is 0.827 bits per heavy atom. The van der Waals surface area contributed by atoms with E-state index in [9.17, 15) is 0 Å². The van der Waals surface area contributed by atoms with Gasteiger partial charge in [-0.1, -0.05) is 151 Å². The molecule has 2 nitrogen and oxygen atoms in total. The van der Waals surface area contributed by atoms with Crippen LogP contribution in [0.5, 0.6) is 0 Å². The van der Waals surface area contributed by atoms with E-state index >= 15 is 0 Å². The van der Waals surface area contributed by atoms with Crippen LogP contribution in [0.4, 0.5) is 34.1 Å². The molecule has 8 aromatic carbocycles. The first kappa shape index (κ1) is 32.6. The Morgan fingerprint density at radius 1 is 0.231 bits per heavy atom. The zero-order chi connectivity index (χ0) is 35.3. The minimum Gasteiger partial charge on any atom is -0.310 e. The topological polar surface area (TPSA) is 6.48 Å². The Morgan fingerprint density at radius 2 is 0.500 bits per heavy atom. The lowest BCUT2D eigenvalue weighted by molar-refractivity contribution is 1.24. The van der Waals surface area contributed by atoms with Crippen molar-refractivity contribution in [2.45, 2.75) is 13.8 Å². The van der Waals surface area contributed by atoms with Crippen molar-refractivity contribution in [2.24, 2.45) is 0 Å². The summed E-state index contributed by atoms with van der Waals surface area (Å²) in [6.07, 6.45) is 0. The average Bonchev–Trinajstić information content (AvgIpc) is 3.21. The summed E-state index contributed by atoms with van der Waals surface area (Å²) in [4.78, 5) is 4.74. The molecule has 0 aliphatic heterocycles. The van der Waals surface area contributed by atoms with E-state index in [0.29, 0.717) is 0 Å². The monoisotopic (exact) mass is 668 g/mol. The van der Waals surface area contributed by atoms with Crippen molar-refractivity contribution in [3.63, 3.8) is 0 Å². The Hall–Kier alpha value is -6.64. The summed E-state index contributed by atoms with van der Waals surface area (Å²) >= 11 is 0. The van der Waals surface area contributed by atoms with E-state index in [2.05, 4.69) is 230 Å². The van der Waals surface area contributed by atoms with Gasteiger partial charge in [-0.3, -0.25) is 0 Å². The molecule has 8 rings (SSSR count). The molecular weight excluding hydrogens is 629 g/mol. The lowest BCUT2D eigenvalue weighted by Crippen LogP contribution is -2.13. The molecular formula is C50H40N2. The largest absolute Gasteiger partial charge is 0.310 e. The number of nitrogens with zero attached hydrogens (tertiary/aromatic N) is 2. The molecule has 0 heterocycles. The molecule has 0 amide bonds. The smallest absolute Gasteiger partial charge is 0.0488 e. The van der Waals surface area contributed by atoms with E-state index in [-0.39, 0.29) is 0 Å². The van der Waals surface area contributed by atoms with Crippen LogP contribution in [0.2, 0.25) is 0 Å². The Kier molecular flexibility index (Phi) is 9.19. The first-order valence-corrected chi connectivity index (χ1v) is 17.8. The SMILES string of the molecule is Cc1ccc(N(c2ccc(-c3ccccc3)cc2)c2cc(-c3ccccc3)cc(N(c3ccc(C)cc3)c3ccc(-c4ccccc4)cc3)c2)cc1. The number of benzene rings is 8. The van der Waals surface area contributed by atoms with Gasteiger partial charge in [0.25, 0.3) is 0 Å². The van der Waals surface area contributed by atoms with Crippen LogP contribution < -0.4 is 9.80 Å². The Labute approximate surface area is 307 Å². The van der Waals surface area contributed by atoms with E-state index in [0.717, 1.165) is 45.3 Å². The molecule has 0 spiro atoms. The van der Waals surface area contributed by atoms with Crippen LogP contribution >= 0.6 is 0 Å². The van der Waals surface area contributed by atoms with Crippen LogP contribution in [0.25, 0.3) is 33.4 Å². The third-order valence-electron chi connectivity index (χ3n) is 9.58. The summed E-state index contributed by atoms with van der Waals surface area (Å²) in [6, 6.07) is 74.2. The molecule has 52 heavy (non-hydrogen) atoms. The molecule has 0 aliphatic carbocycles. The molecule has 0 aliphatic rings. The van der Waals surface area contributed by atoms with Gasteiger partial charge in [-0.15, -0.1) is 0 Å². The maximum absolute atomic E-state index is 2.37. The third kappa shape index (κ3) is 7.01. The number of anilines is 6. The van der Waals surface area contributed by atoms with Crippen molar-refractivity contribution in [1.29, 1.82) is 0 Å². The van der Waals surface area contributed by atoms with Crippen LogP contribution in [0.15, 0.2) is 206 Å². The molecule has 0 atom stereocenters. The maximum atomic E-state index is 2.37. The molecule has 0 fully saturated rings. The van der Waals surface area contributed by atoms with Gasteiger partial charge in [0.2, 0.25) is 0 Å². The highest BCUT2D eigenvalue weighted by molar-refractivity contribution is 5.88. The first-order chi connectivity index (χ1) is 25.6. The summed E-state index contributed by atoms with van der Waals surface area (Å²) in [5.41, 5.74) is 16.1. The average molecular weight is 669 g/mol. The summed E-state index contributed by atoms with van der Waals surface area (Å²) in [6.45, 7) is 4.28. The van der Waals surface area contributed by atoms with Crippen molar-refractivity contribution < 1.29 is 0 Å². The molecule has 2 heteroatoms. The van der Waals surface area contributed by atoms with Gasteiger partial charge in [-0.05, 0) is 114 Å². The maximum Gasteiger partial charge on any atom is 0.0488 e. The van der Waals surface area contributed by atoms with Gasteiger partial charge in [0.15, 0.2) is 0 Å². The zero-order valence-corrected chi connectivity index (χ0v) is 29.5. The molecule has 0 bridgehead atoms. The third-order valence-corrected chi connectivity index (χ3v) is 9.58. The van der Waals surface area contributed by atoms with E-state index in [1.165, 1.54) is 33.4 Å². The van der Waals surface area contributed by atoms with Gasteiger partial charge >= 0.3 is 0 Å². The summed E-state index contributed by atoms with van der Waals surface area (Å²) < 4.78 is 0. The molecule has 0 aromatic heterocycles. The van der Waals surface area contributed by atoms with Gasteiger partial charge in [0.1, 0.15) is 0 Å². The van der Waals surface area contributed by atoms with Crippen molar-refractivity contribution in [3.8, 4) is 33.4 Å².